The number of carboxylic acid groups (broad SMARTS) is 1. The Kier molecular flexibility index (Phi) is 5.03. The molecule has 1 unspecified atom stereocenters. The van der Waals surface area contributed by atoms with E-state index in [1.54, 1.807) is 0 Å². The molecular weight excluding hydrogens is 246 g/mol. The van der Waals surface area contributed by atoms with Crippen molar-refractivity contribution in [1.29, 1.82) is 0 Å². The van der Waals surface area contributed by atoms with Gasteiger partial charge in [-0.05, 0) is 30.0 Å². The van der Waals surface area contributed by atoms with Crippen molar-refractivity contribution in [2.75, 3.05) is 6.54 Å². The zero-order valence-corrected chi connectivity index (χ0v) is 10.2. The van der Waals surface area contributed by atoms with Gasteiger partial charge in [0.05, 0.1) is 11.8 Å². The molecule has 17 heavy (non-hydrogen) atoms. The Hall–Kier alpha value is -1.49. The lowest BCUT2D eigenvalue weighted by molar-refractivity contribution is -0.137. The highest BCUT2D eigenvalue weighted by atomic mass is 35.5. The van der Waals surface area contributed by atoms with Gasteiger partial charge in [-0.15, -0.1) is 0 Å². The average molecular weight is 260 g/mol. The fraction of sp³-hybridized carbons (Fsp3) is 0.455. The second kappa shape index (κ2) is 6.30. The molecule has 1 amide bonds. The summed E-state index contributed by atoms with van der Waals surface area (Å²) in [7, 11) is 0. The number of rotatable bonds is 6. The van der Waals surface area contributed by atoms with Gasteiger partial charge in [0.25, 0.3) is 5.91 Å². The molecule has 1 rings (SSSR count). The van der Waals surface area contributed by atoms with Crippen LogP contribution in [0, 0.1) is 5.92 Å². The molecule has 0 spiro atoms. The first-order valence-electron chi connectivity index (χ1n) is 5.23. The molecule has 0 aromatic carbocycles. The molecule has 1 aromatic heterocycles. The quantitative estimate of drug-likeness (QED) is 0.820. The molecule has 0 saturated carbocycles. The van der Waals surface area contributed by atoms with Crippen LogP contribution in [0.2, 0.25) is 5.22 Å². The third-order valence-corrected chi connectivity index (χ3v) is 2.62. The molecule has 0 aliphatic rings. The summed E-state index contributed by atoms with van der Waals surface area (Å²) in [6, 6.07) is 1.49. The van der Waals surface area contributed by atoms with Crippen molar-refractivity contribution < 1.29 is 19.1 Å². The van der Waals surface area contributed by atoms with E-state index in [4.69, 9.17) is 21.1 Å². The molecule has 2 N–H and O–H groups in total. The Morgan fingerprint density at radius 3 is 2.82 bits per heavy atom. The van der Waals surface area contributed by atoms with Crippen molar-refractivity contribution in [2.45, 2.75) is 19.8 Å². The Labute approximate surface area is 104 Å². The Bertz CT molecular complexity index is 402. The molecule has 94 valence electrons. The first-order valence-corrected chi connectivity index (χ1v) is 5.61. The molecule has 5 nitrogen and oxygen atoms in total. The van der Waals surface area contributed by atoms with E-state index in [0.29, 0.717) is 13.0 Å². The lowest BCUT2D eigenvalue weighted by Gasteiger charge is -2.10. The molecule has 6 heteroatoms. The molecule has 0 fully saturated rings. The van der Waals surface area contributed by atoms with Crippen molar-refractivity contribution in [3.05, 3.63) is 23.1 Å². The van der Waals surface area contributed by atoms with Crippen molar-refractivity contribution in [2.24, 2.45) is 5.92 Å². The van der Waals surface area contributed by atoms with E-state index in [2.05, 4.69) is 5.32 Å². The highest BCUT2D eigenvalue weighted by Gasteiger charge is 2.13. The minimum atomic E-state index is -0.832. The predicted molar refractivity (Wildman–Crippen MR) is 62.1 cm³/mol. The number of furan rings is 1. The summed E-state index contributed by atoms with van der Waals surface area (Å²) in [5.41, 5.74) is 0.289. The van der Waals surface area contributed by atoms with Gasteiger partial charge >= 0.3 is 5.97 Å². The molecule has 0 bridgehead atoms. The van der Waals surface area contributed by atoms with E-state index in [1.807, 2.05) is 6.92 Å². The number of hydrogen-bond donors (Lipinski definition) is 2. The summed E-state index contributed by atoms with van der Waals surface area (Å²) in [5, 5.41) is 11.2. The van der Waals surface area contributed by atoms with Crippen LogP contribution in [0.15, 0.2) is 16.7 Å². The van der Waals surface area contributed by atoms with Crippen LogP contribution in [0.25, 0.3) is 0 Å². The van der Waals surface area contributed by atoms with Crippen molar-refractivity contribution in [3.8, 4) is 0 Å². The van der Waals surface area contributed by atoms with Crippen LogP contribution < -0.4 is 5.32 Å². The number of carbonyl (C=O) groups is 2. The highest BCUT2D eigenvalue weighted by molar-refractivity contribution is 6.32. The number of hydrogen-bond acceptors (Lipinski definition) is 3. The van der Waals surface area contributed by atoms with Gasteiger partial charge in [-0.3, -0.25) is 9.59 Å². The zero-order valence-electron chi connectivity index (χ0n) is 9.40. The Morgan fingerprint density at radius 2 is 2.29 bits per heavy atom. The summed E-state index contributed by atoms with van der Waals surface area (Å²) in [5.74, 6) is -1.05. The minimum Gasteiger partial charge on any atom is -0.481 e. The van der Waals surface area contributed by atoms with E-state index < -0.39 is 5.97 Å². The molecular formula is C11H14ClNO4. The van der Waals surface area contributed by atoms with Gasteiger partial charge in [0.1, 0.15) is 0 Å². The number of aliphatic carboxylic acids is 1. The summed E-state index contributed by atoms with van der Waals surface area (Å²) >= 11 is 5.65. The maximum atomic E-state index is 11.6. The maximum absolute atomic E-state index is 11.6. The van der Waals surface area contributed by atoms with E-state index in [9.17, 15) is 9.59 Å². The fourth-order valence-electron chi connectivity index (χ4n) is 1.29. The summed E-state index contributed by atoms with van der Waals surface area (Å²) in [6.45, 7) is 2.29. The lowest BCUT2D eigenvalue weighted by Crippen LogP contribution is -2.28. The largest absolute Gasteiger partial charge is 0.481 e. The smallest absolute Gasteiger partial charge is 0.303 e. The second-order valence-corrected chi connectivity index (χ2v) is 4.20. The van der Waals surface area contributed by atoms with Crippen LogP contribution in [0.1, 0.15) is 30.1 Å². The SMILES string of the molecule is CC(CCC(=O)O)CNC(=O)c1ccoc1Cl. The molecule has 0 aliphatic carbocycles. The van der Waals surface area contributed by atoms with E-state index in [0.717, 1.165) is 0 Å². The van der Waals surface area contributed by atoms with Gasteiger partial charge in [0.2, 0.25) is 5.22 Å². The topological polar surface area (TPSA) is 79.5 Å². The molecule has 1 atom stereocenters. The molecule has 0 saturated heterocycles. The zero-order chi connectivity index (χ0) is 12.8. The van der Waals surface area contributed by atoms with Crippen LogP contribution >= 0.6 is 11.6 Å². The van der Waals surface area contributed by atoms with Crippen LogP contribution in [0.5, 0.6) is 0 Å². The number of carboxylic acids is 1. The number of carbonyl (C=O) groups excluding carboxylic acids is 1. The summed E-state index contributed by atoms with van der Waals surface area (Å²) in [6.07, 6.45) is 1.96. The van der Waals surface area contributed by atoms with E-state index in [-0.39, 0.29) is 29.0 Å². The van der Waals surface area contributed by atoms with Gasteiger partial charge in [-0.2, -0.15) is 0 Å². The molecule has 0 radical (unpaired) electrons. The van der Waals surface area contributed by atoms with Crippen molar-refractivity contribution >= 4 is 23.5 Å². The van der Waals surface area contributed by atoms with Crippen LogP contribution in [-0.2, 0) is 4.79 Å². The van der Waals surface area contributed by atoms with Crippen LogP contribution in [-0.4, -0.2) is 23.5 Å². The van der Waals surface area contributed by atoms with Crippen molar-refractivity contribution in [1.82, 2.24) is 5.32 Å². The molecule has 1 aromatic rings. The minimum absolute atomic E-state index is 0.0562. The lowest BCUT2D eigenvalue weighted by atomic mass is 10.1. The highest BCUT2D eigenvalue weighted by Crippen LogP contribution is 2.16. The van der Waals surface area contributed by atoms with Gasteiger partial charge in [-0.25, -0.2) is 0 Å². The molecule has 0 aliphatic heterocycles. The van der Waals surface area contributed by atoms with Gasteiger partial charge in [0, 0.05) is 13.0 Å². The number of nitrogens with one attached hydrogen (secondary N) is 1. The number of amides is 1. The predicted octanol–water partition coefficient (Wildman–Crippen LogP) is 2.16. The number of halogens is 1. The summed E-state index contributed by atoms with van der Waals surface area (Å²) in [4.78, 5) is 22.0. The van der Waals surface area contributed by atoms with Gasteiger partial charge in [-0.1, -0.05) is 6.92 Å². The maximum Gasteiger partial charge on any atom is 0.303 e. The average Bonchev–Trinajstić information content (AvgIpc) is 2.69. The fourth-order valence-corrected chi connectivity index (χ4v) is 1.49. The standard InChI is InChI=1S/C11H14ClNO4/c1-7(2-3-9(14)15)6-13-11(16)8-4-5-17-10(8)12/h4-5,7H,2-3,6H2,1H3,(H,13,16)(H,14,15). The normalized spacial score (nSPS) is 12.1. The Balaban J connectivity index is 2.33. The van der Waals surface area contributed by atoms with Gasteiger partial charge in [0.15, 0.2) is 0 Å². The van der Waals surface area contributed by atoms with Gasteiger partial charge < -0.3 is 14.8 Å². The van der Waals surface area contributed by atoms with Crippen LogP contribution in [0.3, 0.4) is 0 Å². The van der Waals surface area contributed by atoms with Crippen molar-refractivity contribution in [3.63, 3.8) is 0 Å². The Morgan fingerprint density at radius 1 is 1.59 bits per heavy atom. The monoisotopic (exact) mass is 259 g/mol. The second-order valence-electron chi connectivity index (χ2n) is 3.86. The van der Waals surface area contributed by atoms with E-state index in [1.165, 1.54) is 12.3 Å². The van der Waals surface area contributed by atoms with Crippen LogP contribution in [0.4, 0.5) is 0 Å². The first kappa shape index (κ1) is 13.6. The first-order chi connectivity index (χ1) is 8.00. The third kappa shape index (κ3) is 4.48. The third-order valence-electron chi connectivity index (χ3n) is 2.32. The summed E-state index contributed by atoms with van der Waals surface area (Å²) < 4.78 is 4.80. The van der Waals surface area contributed by atoms with E-state index >= 15 is 0 Å². The molecule has 1 heterocycles.